The van der Waals surface area contributed by atoms with Crippen LogP contribution in [-0.2, 0) is 4.79 Å². The first-order valence-corrected chi connectivity index (χ1v) is 12.5. The van der Waals surface area contributed by atoms with Crippen LogP contribution in [0.15, 0.2) is 29.2 Å². The highest BCUT2D eigenvalue weighted by Crippen LogP contribution is 2.45. The van der Waals surface area contributed by atoms with E-state index in [1.54, 1.807) is 26.0 Å². The number of ketones is 1. The van der Waals surface area contributed by atoms with Crippen molar-refractivity contribution in [1.29, 1.82) is 0 Å². The zero-order valence-electron chi connectivity index (χ0n) is 19.5. The highest BCUT2D eigenvalue weighted by atomic mass is 32.2. The Bertz CT molecular complexity index is 782. The molecule has 2 saturated carbocycles. The van der Waals surface area contributed by atoms with Crippen molar-refractivity contribution in [1.82, 2.24) is 9.84 Å². The van der Waals surface area contributed by atoms with Crippen molar-refractivity contribution in [2.24, 2.45) is 23.7 Å². The number of amides is 1. The van der Waals surface area contributed by atoms with E-state index in [4.69, 9.17) is 0 Å². The van der Waals surface area contributed by atoms with Gasteiger partial charge in [-0.1, -0.05) is 36.9 Å². The highest BCUT2D eigenvalue weighted by Gasteiger charge is 2.43. The summed E-state index contributed by atoms with van der Waals surface area (Å²) in [6.45, 7) is 9.43. The Labute approximate surface area is 190 Å². The summed E-state index contributed by atoms with van der Waals surface area (Å²) in [7, 11) is 0. The molecule has 2 fully saturated rings. The van der Waals surface area contributed by atoms with Gasteiger partial charge in [0.1, 0.15) is 5.54 Å². The van der Waals surface area contributed by atoms with Crippen molar-refractivity contribution < 1.29 is 14.1 Å². The lowest BCUT2D eigenvalue weighted by Gasteiger charge is -2.35. The number of Topliss-reactive ketones (excluding diaryl/α,β-unsaturated/α-hetero) is 1. The van der Waals surface area contributed by atoms with E-state index >= 15 is 4.48 Å². The maximum absolute atomic E-state index is 15.6. The lowest BCUT2D eigenvalue weighted by molar-refractivity contribution is -0.162. The highest BCUT2D eigenvalue weighted by molar-refractivity contribution is 7.97. The molecule has 3 rings (SSSR count). The minimum absolute atomic E-state index is 0.0147. The fourth-order valence-corrected chi connectivity index (χ4v) is 6.26. The number of rotatable bonds is 7. The van der Waals surface area contributed by atoms with Gasteiger partial charge in [-0.2, -0.15) is 5.12 Å². The number of halogens is 1. The van der Waals surface area contributed by atoms with E-state index in [1.807, 2.05) is 12.1 Å². The molecule has 172 valence electrons. The van der Waals surface area contributed by atoms with Crippen LogP contribution in [0.2, 0.25) is 0 Å². The molecule has 0 heterocycles. The molecule has 1 aromatic rings. The van der Waals surface area contributed by atoms with Gasteiger partial charge in [-0.05, 0) is 101 Å². The van der Waals surface area contributed by atoms with Gasteiger partial charge in [0.25, 0.3) is 5.91 Å². The molecular formula is C25H37FN2O2S. The zero-order chi connectivity index (χ0) is 22.8. The Morgan fingerprint density at radius 1 is 1.10 bits per heavy atom. The average Bonchev–Trinajstić information content (AvgIpc) is 2.86. The third kappa shape index (κ3) is 5.89. The van der Waals surface area contributed by atoms with Crippen LogP contribution < -0.4 is 4.72 Å². The molecule has 2 aliphatic carbocycles. The van der Waals surface area contributed by atoms with Gasteiger partial charge in [-0.3, -0.25) is 9.59 Å². The van der Waals surface area contributed by atoms with Gasteiger partial charge < -0.3 is 0 Å². The number of hydrogen-bond acceptors (Lipinski definition) is 4. The van der Waals surface area contributed by atoms with E-state index in [2.05, 4.69) is 18.6 Å². The molecular weight excluding hydrogens is 411 g/mol. The number of carbonyl (C=O) groups is 2. The summed E-state index contributed by atoms with van der Waals surface area (Å²) in [6, 6.07) is 6.86. The summed E-state index contributed by atoms with van der Waals surface area (Å²) in [6.07, 6.45) is 6.29. The lowest BCUT2D eigenvalue weighted by atomic mass is 9.75. The van der Waals surface area contributed by atoms with Crippen LogP contribution in [0.5, 0.6) is 0 Å². The number of carbonyl (C=O) groups excluding carboxylic acids is 2. The van der Waals surface area contributed by atoms with Crippen molar-refractivity contribution >= 4 is 23.6 Å². The molecule has 6 heteroatoms. The monoisotopic (exact) mass is 448 g/mol. The van der Waals surface area contributed by atoms with Gasteiger partial charge in [0, 0.05) is 10.5 Å². The van der Waals surface area contributed by atoms with Crippen LogP contribution in [-0.4, -0.2) is 28.4 Å². The number of hydrogen-bond donors (Lipinski definition) is 1. The fourth-order valence-electron chi connectivity index (χ4n) is 5.52. The summed E-state index contributed by atoms with van der Waals surface area (Å²) < 4.78 is 18.8. The van der Waals surface area contributed by atoms with E-state index in [9.17, 15) is 9.59 Å². The Kier molecular flexibility index (Phi) is 7.85. The topological polar surface area (TPSA) is 49.4 Å². The second-order valence-corrected chi connectivity index (χ2v) is 11.2. The third-order valence-corrected chi connectivity index (χ3v) is 8.24. The molecule has 4 nitrogen and oxygen atoms in total. The fraction of sp³-hybridized carbons (Fsp3) is 0.680. The smallest absolute Gasteiger partial charge is 0.271 e. The molecule has 1 amide bonds. The van der Waals surface area contributed by atoms with Crippen molar-refractivity contribution in [3.63, 3.8) is 0 Å². The minimum Gasteiger partial charge on any atom is -0.295 e. The van der Waals surface area contributed by atoms with Gasteiger partial charge in [0.2, 0.25) is 0 Å². The zero-order valence-corrected chi connectivity index (χ0v) is 20.3. The Morgan fingerprint density at radius 3 is 2.29 bits per heavy atom. The molecule has 1 aromatic carbocycles. The van der Waals surface area contributed by atoms with Crippen molar-refractivity contribution in [2.75, 3.05) is 0 Å². The average molecular weight is 449 g/mol. The van der Waals surface area contributed by atoms with Crippen LogP contribution in [0.25, 0.3) is 0 Å². The Morgan fingerprint density at radius 2 is 1.71 bits per heavy atom. The second kappa shape index (κ2) is 10.0. The quantitative estimate of drug-likeness (QED) is 0.306. The van der Waals surface area contributed by atoms with Crippen LogP contribution in [0.1, 0.15) is 83.5 Å². The largest absolute Gasteiger partial charge is 0.295 e. The molecule has 0 radical (unpaired) electrons. The first kappa shape index (κ1) is 24.2. The second-order valence-electron chi connectivity index (χ2n) is 10.3. The minimum atomic E-state index is -1.05. The van der Waals surface area contributed by atoms with Crippen LogP contribution in [0, 0.1) is 23.7 Å². The number of nitrogens with zero attached hydrogens (tertiary/aromatic N) is 1. The van der Waals surface area contributed by atoms with Gasteiger partial charge in [0.15, 0.2) is 5.78 Å². The molecule has 2 aliphatic rings. The molecule has 0 saturated heterocycles. The standard InChI is InChI=1S/C25H37FN2O2S/c1-6-20-14-18-11-16(2)12-19(13-18)15-23(20)28(26)24(30)25(4,5)27-31-22-9-7-21(8-10-22)17(3)29/h7-10,16,18-20,23,27H,6,11-15H2,1-5H3. The number of nitrogens with one attached hydrogen (secondary N) is 1. The molecule has 5 atom stereocenters. The Balaban J connectivity index is 1.66. The van der Waals surface area contributed by atoms with E-state index < -0.39 is 11.4 Å². The summed E-state index contributed by atoms with van der Waals surface area (Å²) >= 11 is 1.29. The van der Waals surface area contributed by atoms with Crippen LogP contribution >= 0.6 is 11.9 Å². The van der Waals surface area contributed by atoms with Gasteiger partial charge in [0.05, 0.1) is 6.04 Å². The number of fused-ring (bicyclic) bond motifs is 2. The van der Waals surface area contributed by atoms with E-state index in [1.165, 1.54) is 31.7 Å². The van der Waals surface area contributed by atoms with Crippen molar-refractivity contribution in [2.45, 2.75) is 89.6 Å². The predicted octanol–water partition coefficient (Wildman–Crippen LogP) is 6.22. The predicted molar refractivity (Wildman–Crippen MR) is 124 cm³/mol. The van der Waals surface area contributed by atoms with Crippen molar-refractivity contribution in [3.05, 3.63) is 29.8 Å². The SMILES string of the molecule is CCC1CC2CC(C)CC(C2)CC1N(F)C(=O)C(C)(C)NSc1ccc(C(C)=O)cc1. The molecule has 0 aromatic heterocycles. The van der Waals surface area contributed by atoms with E-state index in [0.29, 0.717) is 28.4 Å². The van der Waals surface area contributed by atoms with Crippen LogP contribution in [0.4, 0.5) is 4.48 Å². The van der Waals surface area contributed by atoms with E-state index in [0.717, 1.165) is 30.6 Å². The first-order chi connectivity index (χ1) is 14.6. The maximum Gasteiger partial charge on any atom is 0.271 e. The third-order valence-electron chi connectivity index (χ3n) is 7.12. The molecule has 0 spiro atoms. The lowest BCUT2D eigenvalue weighted by Crippen LogP contribution is -2.53. The van der Waals surface area contributed by atoms with Gasteiger partial charge in [-0.25, -0.2) is 4.72 Å². The van der Waals surface area contributed by atoms with Crippen LogP contribution in [0.3, 0.4) is 0 Å². The van der Waals surface area contributed by atoms with Gasteiger partial charge in [-0.15, -0.1) is 0 Å². The van der Waals surface area contributed by atoms with Crippen molar-refractivity contribution in [3.8, 4) is 0 Å². The maximum atomic E-state index is 15.6. The first-order valence-electron chi connectivity index (χ1n) is 11.6. The molecule has 31 heavy (non-hydrogen) atoms. The van der Waals surface area contributed by atoms with Gasteiger partial charge >= 0.3 is 0 Å². The molecule has 2 bridgehead atoms. The summed E-state index contributed by atoms with van der Waals surface area (Å²) in [5, 5.41) is 0.561. The summed E-state index contributed by atoms with van der Waals surface area (Å²) in [4.78, 5) is 25.5. The summed E-state index contributed by atoms with van der Waals surface area (Å²) in [5.41, 5.74) is -0.404. The Hall–Kier alpha value is -1.40. The number of benzene rings is 1. The summed E-state index contributed by atoms with van der Waals surface area (Å²) in [5.74, 6) is 1.62. The molecule has 1 N–H and O–H groups in total. The van der Waals surface area contributed by atoms with E-state index in [-0.39, 0.29) is 17.7 Å². The molecule has 0 aliphatic heterocycles. The molecule has 5 unspecified atom stereocenters. The normalized spacial score (nSPS) is 28.6.